The molecule has 0 fully saturated rings. The van der Waals surface area contributed by atoms with Crippen LogP contribution < -0.4 is 5.32 Å². The fourth-order valence-electron chi connectivity index (χ4n) is 2.00. The minimum atomic E-state index is -0.277. The topological polar surface area (TPSA) is 55.1 Å². The van der Waals surface area contributed by atoms with Gasteiger partial charge in [0.1, 0.15) is 5.52 Å². The highest BCUT2D eigenvalue weighted by atomic mass is 79.9. The Kier molecular flexibility index (Phi) is 3.69. The summed E-state index contributed by atoms with van der Waals surface area (Å²) in [6.07, 6.45) is 0. The minimum absolute atomic E-state index is 0.277. The second kappa shape index (κ2) is 5.50. The number of rotatable bonds is 2. The number of nitrogens with zero attached hydrogens (tertiary/aromatic N) is 1. The lowest BCUT2D eigenvalue weighted by atomic mass is 10.2. The van der Waals surface area contributed by atoms with Gasteiger partial charge < -0.3 is 9.73 Å². The van der Waals surface area contributed by atoms with E-state index in [0.717, 1.165) is 0 Å². The molecule has 3 rings (SSSR count). The highest BCUT2D eigenvalue weighted by Gasteiger charge is 2.13. The average Bonchev–Trinajstić information content (AvgIpc) is 2.81. The number of hydrogen-bond donors (Lipinski definition) is 1. The zero-order valence-corrected chi connectivity index (χ0v) is 13.3. The first-order chi connectivity index (χ1) is 10.0. The molecule has 106 valence electrons. The quantitative estimate of drug-likeness (QED) is 0.709. The third kappa shape index (κ3) is 2.80. The molecule has 0 unspecified atom stereocenters. The molecule has 6 heteroatoms. The van der Waals surface area contributed by atoms with Crippen molar-refractivity contribution in [1.82, 2.24) is 4.98 Å². The van der Waals surface area contributed by atoms with Crippen LogP contribution in [0.1, 0.15) is 16.2 Å². The summed E-state index contributed by atoms with van der Waals surface area (Å²) in [7, 11) is 0. The number of fused-ring (bicyclic) bond motifs is 1. The number of halogens is 2. The molecule has 1 heterocycles. The van der Waals surface area contributed by atoms with E-state index in [9.17, 15) is 4.79 Å². The number of aromatic nitrogens is 1. The number of aryl methyl sites for hydroxylation is 1. The SMILES string of the molecule is Cc1nc2cc(NC(=O)c3cccc(Br)c3Cl)ccc2o1. The Morgan fingerprint density at radius 2 is 2.14 bits per heavy atom. The monoisotopic (exact) mass is 364 g/mol. The maximum atomic E-state index is 12.3. The molecule has 2 aromatic carbocycles. The lowest BCUT2D eigenvalue weighted by Gasteiger charge is -2.07. The first kappa shape index (κ1) is 14.1. The molecule has 3 aromatic rings. The third-order valence-corrected chi connectivity index (χ3v) is 4.24. The van der Waals surface area contributed by atoms with E-state index in [1.165, 1.54) is 0 Å². The van der Waals surface area contributed by atoms with Gasteiger partial charge in [-0.2, -0.15) is 0 Å². The van der Waals surface area contributed by atoms with Gasteiger partial charge in [-0.25, -0.2) is 4.98 Å². The van der Waals surface area contributed by atoms with Crippen molar-refractivity contribution in [2.24, 2.45) is 0 Å². The number of oxazole rings is 1. The van der Waals surface area contributed by atoms with Crippen LogP contribution in [0.25, 0.3) is 11.1 Å². The van der Waals surface area contributed by atoms with Crippen LogP contribution in [0.3, 0.4) is 0 Å². The highest BCUT2D eigenvalue weighted by Crippen LogP contribution is 2.27. The zero-order chi connectivity index (χ0) is 15.0. The van der Waals surface area contributed by atoms with Crippen molar-refractivity contribution < 1.29 is 9.21 Å². The van der Waals surface area contributed by atoms with Crippen molar-refractivity contribution in [3.63, 3.8) is 0 Å². The lowest BCUT2D eigenvalue weighted by Crippen LogP contribution is -2.12. The predicted octanol–water partition coefficient (Wildman–Crippen LogP) is 4.80. The maximum absolute atomic E-state index is 12.3. The maximum Gasteiger partial charge on any atom is 0.257 e. The summed E-state index contributed by atoms with van der Waals surface area (Å²) in [6.45, 7) is 1.78. The number of benzene rings is 2. The van der Waals surface area contributed by atoms with E-state index < -0.39 is 0 Å². The van der Waals surface area contributed by atoms with Gasteiger partial charge in [-0.3, -0.25) is 4.79 Å². The third-order valence-electron chi connectivity index (χ3n) is 2.95. The number of nitrogens with one attached hydrogen (secondary N) is 1. The number of amides is 1. The molecule has 0 atom stereocenters. The molecular formula is C15H10BrClN2O2. The largest absolute Gasteiger partial charge is 0.441 e. The predicted molar refractivity (Wildman–Crippen MR) is 85.9 cm³/mol. The van der Waals surface area contributed by atoms with Crippen molar-refractivity contribution in [2.45, 2.75) is 6.92 Å². The van der Waals surface area contributed by atoms with Crippen LogP contribution in [0.15, 0.2) is 45.3 Å². The van der Waals surface area contributed by atoms with Crippen LogP contribution in [0.4, 0.5) is 5.69 Å². The number of anilines is 1. The van der Waals surface area contributed by atoms with Crippen molar-refractivity contribution in [1.29, 1.82) is 0 Å². The average molecular weight is 366 g/mol. The van der Waals surface area contributed by atoms with E-state index >= 15 is 0 Å². The molecule has 21 heavy (non-hydrogen) atoms. The summed E-state index contributed by atoms with van der Waals surface area (Å²) in [5.41, 5.74) is 2.43. The van der Waals surface area contributed by atoms with Crippen molar-refractivity contribution in [3.8, 4) is 0 Å². The number of carbonyl (C=O) groups excluding carboxylic acids is 1. The van der Waals surface area contributed by atoms with E-state index in [2.05, 4.69) is 26.2 Å². The van der Waals surface area contributed by atoms with Crippen LogP contribution in [-0.4, -0.2) is 10.9 Å². The fourth-order valence-corrected chi connectivity index (χ4v) is 2.58. The summed E-state index contributed by atoms with van der Waals surface area (Å²) in [5, 5.41) is 3.18. The van der Waals surface area contributed by atoms with Crippen LogP contribution in [0.5, 0.6) is 0 Å². The summed E-state index contributed by atoms with van der Waals surface area (Å²) >= 11 is 9.42. The summed E-state index contributed by atoms with van der Waals surface area (Å²) < 4.78 is 6.08. The summed E-state index contributed by atoms with van der Waals surface area (Å²) in [4.78, 5) is 16.5. The molecule has 0 aliphatic heterocycles. The standard InChI is InChI=1S/C15H10BrClN2O2/c1-8-18-12-7-9(5-6-13(12)21-8)19-15(20)10-3-2-4-11(16)14(10)17/h2-7H,1H3,(H,19,20). The Hall–Kier alpha value is -1.85. The summed E-state index contributed by atoms with van der Waals surface area (Å²) in [6, 6.07) is 10.5. The molecule has 0 saturated carbocycles. The molecule has 1 N–H and O–H groups in total. The molecule has 0 radical (unpaired) electrons. The first-order valence-electron chi connectivity index (χ1n) is 6.17. The van der Waals surface area contributed by atoms with Gasteiger partial charge in [-0.15, -0.1) is 0 Å². The highest BCUT2D eigenvalue weighted by molar-refractivity contribution is 9.10. The normalized spacial score (nSPS) is 10.8. The number of hydrogen-bond acceptors (Lipinski definition) is 3. The Labute approximate surface area is 134 Å². The Balaban J connectivity index is 1.90. The second-order valence-corrected chi connectivity index (χ2v) is 5.70. The molecule has 1 amide bonds. The molecule has 0 bridgehead atoms. The van der Waals surface area contributed by atoms with Gasteiger partial charge >= 0.3 is 0 Å². The molecule has 4 nitrogen and oxygen atoms in total. The Morgan fingerprint density at radius 1 is 1.33 bits per heavy atom. The molecule has 0 aliphatic carbocycles. The molecule has 0 saturated heterocycles. The summed E-state index contributed by atoms with van der Waals surface area (Å²) in [5.74, 6) is 0.310. The van der Waals surface area contributed by atoms with Gasteiger partial charge in [-0.1, -0.05) is 17.7 Å². The van der Waals surface area contributed by atoms with Gasteiger partial charge in [0.05, 0.1) is 10.6 Å². The molecule has 0 aliphatic rings. The van der Waals surface area contributed by atoms with Gasteiger partial charge in [0.15, 0.2) is 11.5 Å². The van der Waals surface area contributed by atoms with Crippen molar-refractivity contribution >= 4 is 50.2 Å². The van der Waals surface area contributed by atoms with E-state index in [1.807, 2.05) is 0 Å². The van der Waals surface area contributed by atoms with Crippen LogP contribution >= 0.6 is 27.5 Å². The zero-order valence-electron chi connectivity index (χ0n) is 11.0. The minimum Gasteiger partial charge on any atom is -0.441 e. The number of carbonyl (C=O) groups is 1. The van der Waals surface area contributed by atoms with Crippen LogP contribution in [-0.2, 0) is 0 Å². The Bertz CT molecular complexity index is 845. The van der Waals surface area contributed by atoms with Gasteiger partial charge in [0.25, 0.3) is 5.91 Å². The van der Waals surface area contributed by atoms with Gasteiger partial charge in [0, 0.05) is 17.1 Å². The Morgan fingerprint density at radius 3 is 2.95 bits per heavy atom. The second-order valence-electron chi connectivity index (χ2n) is 4.47. The van der Waals surface area contributed by atoms with Crippen LogP contribution in [0, 0.1) is 6.92 Å². The van der Waals surface area contributed by atoms with Gasteiger partial charge in [-0.05, 0) is 46.3 Å². The van der Waals surface area contributed by atoms with E-state index in [4.69, 9.17) is 16.0 Å². The molecule has 1 aromatic heterocycles. The van der Waals surface area contributed by atoms with E-state index in [1.54, 1.807) is 43.3 Å². The van der Waals surface area contributed by atoms with E-state index in [-0.39, 0.29) is 5.91 Å². The van der Waals surface area contributed by atoms with E-state index in [0.29, 0.717) is 37.7 Å². The molecular weight excluding hydrogens is 356 g/mol. The van der Waals surface area contributed by atoms with Crippen molar-refractivity contribution in [2.75, 3.05) is 5.32 Å². The first-order valence-corrected chi connectivity index (χ1v) is 7.34. The fraction of sp³-hybridized carbons (Fsp3) is 0.0667. The van der Waals surface area contributed by atoms with Crippen LogP contribution in [0.2, 0.25) is 5.02 Å². The smallest absolute Gasteiger partial charge is 0.257 e. The lowest BCUT2D eigenvalue weighted by molar-refractivity contribution is 0.102. The van der Waals surface area contributed by atoms with Crippen molar-refractivity contribution in [3.05, 3.63) is 57.3 Å². The molecule has 0 spiro atoms. The van der Waals surface area contributed by atoms with Gasteiger partial charge in [0.2, 0.25) is 0 Å².